The number of rotatable bonds is 4. The molecule has 134 valence electrons. The van der Waals surface area contributed by atoms with E-state index >= 15 is 0 Å². The molecular weight excluding hydrogens is 335 g/mol. The summed E-state index contributed by atoms with van der Waals surface area (Å²) in [6.45, 7) is 0.412. The van der Waals surface area contributed by atoms with E-state index in [2.05, 4.69) is 5.32 Å². The first-order valence-corrected chi connectivity index (χ1v) is 8.47. The van der Waals surface area contributed by atoms with Gasteiger partial charge in [-0.2, -0.15) is 0 Å². The molecule has 0 fully saturated rings. The number of hydrogen-bond donors (Lipinski definition) is 3. The van der Waals surface area contributed by atoms with Crippen LogP contribution in [0.1, 0.15) is 17.0 Å². The number of nitrogens with one attached hydrogen (secondary N) is 1. The molecule has 4 rings (SSSR count). The number of nitrogens with two attached hydrogens (primary N) is 1. The van der Waals surface area contributed by atoms with Crippen LogP contribution in [0, 0.1) is 5.82 Å². The number of para-hydroxylation sites is 1. The summed E-state index contributed by atoms with van der Waals surface area (Å²) in [4.78, 5) is 12.0. The number of benzene rings is 2. The smallest absolute Gasteiger partial charge is 0.245 e. The second-order valence-electron chi connectivity index (χ2n) is 6.61. The first kappa shape index (κ1) is 16.8. The van der Waals surface area contributed by atoms with Crippen LogP contribution < -0.4 is 15.8 Å². The third kappa shape index (κ3) is 2.87. The Labute approximate surface area is 150 Å². The van der Waals surface area contributed by atoms with Gasteiger partial charge in [-0.3, -0.25) is 4.79 Å². The third-order valence-electron chi connectivity index (χ3n) is 4.98. The molecule has 0 saturated carbocycles. The molecule has 0 spiro atoms. The molecule has 5 nitrogen and oxygen atoms in total. The number of carbonyl (C=O) groups excluding carboxylic acids is 1. The van der Waals surface area contributed by atoms with Crippen LogP contribution in [-0.2, 0) is 11.3 Å². The van der Waals surface area contributed by atoms with Gasteiger partial charge in [-0.05, 0) is 23.8 Å². The van der Waals surface area contributed by atoms with E-state index in [-0.39, 0.29) is 11.7 Å². The zero-order valence-electron chi connectivity index (χ0n) is 13.9. The Bertz CT molecular complexity index is 866. The number of hydrogen-bond acceptors (Lipinski definition) is 4. The van der Waals surface area contributed by atoms with E-state index in [1.54, 1.807) is 18.2 Å². The third-order valence-corrected chi connectivity index (χ3v) is 4.98. The van der Waals surface area contributed by atoms with E-state index in [9.17, 15) is 14.3 Å². The first-order chi connectivity index (χ1) is 12.5. The Morgan fingerprint density at radius 1 is 1.19 bits per heavy atom. The molecule has 0 radical (unpaired) electrons. The lowest BCUT2D eigenvalue weighted by Crippen LogP contribution is -2.52. The van der Waals surface area contributed by atoms with Gasteiger partial charge in [0.1, 0.15) is 23.8 Å². The summed E-state index contributed by atoms with van der Waals surface area (Å²) >= 11 is 0. The van der Waals surface area contributed by atoms with Gasteiger partial charge in [-0.1, -0.05) is 36.4 Å². The number of carbonyl (C=O) groups is 1. The van der Waals surface area contributed by atoms with Crippen molar-refractivity contribution in [2.24, 2.45) is 5.73 Å². The average Bonchev–Trinajstić information content (AvgIpc) is 3.02. The number of fused-ring (bicyclic) bond motifs is 3. The van der Waals surface area contributed by atoms with Crippen molar-refractivity contribution in [1.29, 1.82) is 0 Å². The number of aliphatic hydroxyl groups excluding tert-OH is 1. The first-order valence-electron chi connectivity index (χ1n) is 8.47. The normalized spacial score (nSPS) is 26.5. The molecule has 0 saturated heterocycles. The molecule has 26 heavy (non-hydrogen) atoms. The van der Waals surface area contributed by atoms with Crippen molar-refractivity contribution in [3.8, 4) is 5.75 Å². The molecule has 1 amide bonds. The van der Waals surface area contributed by atoms with Gasteiger partial charge in [0, 0.05) is 17.7 Å². The number of halogens is 1. The van der Waals surface area contributed by atoms with Crippen LogP contribution in [0.15, 0.2) is 60.2 Å². The van der Waals surface area contributed by atoms with Gasteiger partial charge in [-0.15, -0.1) is 0 Å². The van der Waals surface area contributed by atoms with Gasteiger partial charge in [-0.25, -0.2) is 4.39 Å². The van der Waals surface area contributed by atoms with Crippen LogP contribution in [0.25, 0.3) is 0 Å². The maximum Gasteiger partial charge on any atom is 0.245 e. The summed E-state index contributed by atoms with van der Waals surface area (Å²) < 4.78 is 18.9. The van der Waals surface area contributed by atoms with Gasteiger partial charge in [0.25, 0.3) is 0 Å². The highest BCUT2D eigenvalue weighted by molar-refractivity contribution is 5.94. The molecule has 1 aliphatic heterocycles. The molecule has 1 heterocycles. The summed E-state index contributed by atoms with van der Waals surface area (Å²) in [6.07, 6.45) is 0.255. The second-order valence-corrected chi connectivity index (χ2v) is 6.61. The SMILES string of the molecule is NC(=O)C1=C[C@@H](NCc2ccc(F)cc2)[C@H](O)[C@H]2Oc3ccccc3[C@@H]12. The second kappa shape index (κ2) is 6.55. The lowest BCUT2D eigenvalue weighted by atomic mass is 9.78. The summed E-state index contributed by atoms with van der Waals surface area (Å²) in [7, 11) is 0. The predicted molar refractivity (Wildman–Crippen MR) is 93.9 cm³/mol. The van der Waals surface area contributed by atoms with Crippen LogP contribution in [0.5, 0.6) is 5.75 Å². The largest absolute Gasteiger partial charge is 0.486 e. The molecular formula is C20H19FN2O3. The highest BCUT2D eigenvalue weighted by atomic mass is 19.1. The van der Waals surface area contributed by atoms with Crippen molar-refractivity contribution in [2.75, 3.05) is 0 Å². The van der Waals surface area contributed by atoms with Crippen molar-refractivity contribution in [3.05, 3.63) is 77.1 Å². The maximum absolute atomic E-state index is 13.0. The minimum atomic E-state index is -0.851. The molecule has 2 aliphatic rings. The molecule has 6 heteroatoms. The summed E-state index contributed by atoms with van der Waals surface area (Å²) in [5.41, 5.74) is 7.76. The molecule has 2 aromatic carbocycles. The van der Waals surface area contributed by atoms with Crippen molar-refractivity contribution in [3.63, 3.8) is 0 Å². The van der Waals surface area contributed by atoms with E-state index in [4.69, 9.17) is 10.5 Å². The lowest BCUT2D eigenvalue weighted by Gasteiger charge is -2.35. The van der Waals surface area contributed by atoms with Crippen molar-refractivity contribution in [1.82, 2.24) is 5.32 Å². The monoisotopic (exact) mass is 354 g/mol. The number of primary amides is 1. The lowest BCUT2D eigenvalue weighted by molar-refractivity contribution is -0.115. The Morgan fingerprint density at radius 2 is 1.92 bits per heavy atom. The Kier molecular flexibility index (Phi) is 4.22. The van der Waals surface area contributed by atoms with Gasteiger partial charge in [0.05, 0.1) is 12.0 Å². The minimum Gasteiger partial charge on any atom is -0.486 e. The number of aliphatic hydroxyl groups is 1. The molecule has 4 atom stereocenters. The zero-order chi connectivity index (χ0) is 18.3. The van der Waals surface area contributed by atoms with Crippen LogP contribution in [0.3, 0.4) is 0 Å². The summed E-state index contributed by atoms with van der Waals surface area (Å²) in [5.74, 6) is -0.543. The van der Waals surface area contributed by atoms with Crippen molar-refractivity contribution in [2.45, 2.75) is 30.7 Å². The zero-order valence-corrected chi connectivity index (χ0v) is 13.9. The highest BCUT2D eigenvalue weighted by Gasteiger charge is 2.47. The van der Waals surface area contributed by atoms with Gasteiger partial charge < -0.3 is 20.9 Å². The molecule has 2 aromatic rings. The summed E-state index contributed by atoms with van der Waals surface area (Å²) in [6, 6.07) is 13.0. The number of ether oxygens (including phenoxy) is 1. The Balaban J connectivity index is 1.60. The van der Waals surface area contributed by atoms with E-state index in [1.807, 2.05) is 24.3 Å². The van der Waals surface area contributed by atoms with E-state index < -0.39 is 24.2 Å². The quantitative estimate of drug-likeness (QED) is 0.779. The van der Waals surface area contributed by atoms with Crippen LogP contribution in [0.4, 0.5) is 4.39 Å². The van der Waals surface area contributed by atoms with E-state index in [0.29, 0.717) is 17.9 Å². The molecule has 0 bridgehead atoms. The fourth-order valence-corrected chi connectivity index (χ4v) is 3.70. The van der Waals surface area contributed by atoms with Gasteiger partial charge in [0.2, 0.25) is 5.91 Å². The average molecular weight is 354 g/mol. The van der Waals surface area contributed by atoms with Crippen LogP contribution >= 0.6 is 0 Å². The van der Waals surface area contributed by atoms with E-state index in [0.717, 1.165) is 11.1 Å². The molecule has 1 aliphatic carbocycles. The van der Waals surface area contributed by atoms with Crippen LogP contribution in [-0.4, -0.2) is 29.3 Å². The highest BCUT2D eigenvalue weighted by Crippen LogP contribution is 2.46. The number of amides is 1. The fraction of sp³-hybridized carbons (Fsp3) is 0.250. The Morgan fingerprint density at radius 3 is 2.65 bits per heavy atom. The summed E-state index contributed by atoms with van der Waals surface area (Å²) in [5, 5.41) is 14.0. The van der Waals surface area contributed by atoms with Gasteiger partial charge >= 0.3 is 0 Å². The molecule has 0 aromatic heterocycles. The molecule has 0 unspecified atom stereocenters. The predicted octanol–water partition coefficient (Wildman–Crippen LogP) is 1.61. The topological polar surface area (TPSA) is 84.6 Å². The Hall–Kier alpha value is -2.70. The van der Waals surface area contributed by atoms with Crippen molar-refractivity contribution < 1.29 is 19.0 Å². The van der Waals surface area contributed by atoms with E-state index in [1.165, 1.54) is 12.1 Å². The standard InChI is InChI=1S/C20H19FN2O3/c21-12-7-5-11(6-8-12)10-23-15-9-14(20(22)25)17-13-3-1-2-4-16(13)26-19(17)18(15)24/h1-9,15,17-19,23-24H,10H2,(H2,22,25)/t15-,17+,18+,19+/m1/s1. The minimum absolute atomic E-state index is 0.303. The van der Waals surface area contributed by atoms with Crippen molar-refractivity contribution >= 4 is 5.91 Å². The van der Waals surface area contributed by atoms with Gasteiger partial charge in [0.15, 0.2) is 0 Å². The maximum atomic E-state index is 13.0. The van der Waals surface area contributed by atoms with Crippen LogP contribution in [0.2, 0.25) is 0 Å². The fourth-order valence-electron chi connectivity index (χ4n) is 3.70. The molecule has 4 N–H and O–H groups in total.